The maximum atomic E-state index is 11.4. The highest BCUT2D eigenvalue weighted by atomic mass is 32.2. The van der Waals surface area contributed by atoms with Gasteiger partial charge < -0.3 is 5.73 Å². The number of rotatable bonds is 3. The maximum absolute atomic E-state index is 11.4. The van der Waals surface area contributed by atoms with E-state index in [-0.39, 0.29) is 17.0 Å². The van der Waals surface area contributed by atoms with Gasteiger partial charge in [-0.05, 0) is 30.7 Å². The first-order chi connectivity index (χ1) is 10.1. The van der Waals surface area contributed by atoms with Gasteiger partial charge in [0.25, 0.3) is 0 Å². The Morgan fingerprint density at radius 3 is 2.76 bits per heavy atom. The number of aromatic amines is 1. The predicted octanol–water partition coefficient (Wildman–Crippen LogP) is 1.86. The van der Waals surface area contributed by atoms with Crippen molar-refractivity contribution in [3.8, 4) is 0 Å². The van der Waals surface area contributed by atoms with Gasteiger partial charge in [0, 0.05) is 18.3 Å². The Morgan fingerprint density at radius 2 is 2.10 bits per heavy atom. The van der Waals surface area contributed by atoms with E-state index in [1.54, 1.807) is 23.4 Å². The number of thioether (sulfide) groups is 1. The lowest BCUT2D eigenvalue weighted by Crippen LogP contribution is -2.38. The van der Waals surface area contributed by atoms with Crippen LogP contribution in [0.3, 0.4) is 0 Å². The lowest BCUT2D eigenvalue weighted by Gasteiger charge is -2.33. The van der Waals surface area contributed by atoms with Crippen molar-refractivity contribution in [3.63, 3.8) is 0 Å². The highest BCUT2D eigenvalue weighted by Crippen LogP contribution is 2.39. The number of nitrogens with one attached hydrogen (secondary N) is 1. The van der Waals surface area contributed by atoms with E-state index in [1.807, 2.05) is 6.07 Å². The van der Waals surface area contributed by atoms with Gasteiger partial charge in [-0.2, -0.15) is 0 Å². The van der Waals surface area contributed by atoms with Gasteiger partial charge in [0.05, 0.1) is 0 Å². The Labute approximate surface area is 127 Å². The van der Waals surface area contributed by atoms with Crippen LogP contribution in [0, 0.1) is 0 Å². The second kappa shape index (κ2) is 6.07. The van der Waals surface area contributed by atoms with E-state index in [0.717, 1.165) is 19.3 Å². The number of hydrogen-bond acceptors (Lipinski definition) is 4. The molecule has 3 atom stereocenters. The lowest BCUT2D eigenvalue weighted by atomic mass is 9.82. The van der Waals surface area contributed by atoms with Crippen LogP contribution in [0.4, 0.5) is 0 Å². The molecule has 3 unspecified atom stereocenters. The minimum Gasteiger partial charge on any atom is -0.327 e. The number of nitrogens with two attached hydrogens (primary N) is 1. The third kappa shape index (κ3) is 3.06. The molecule has 0 saturated heterocycles. The molecule has 0 bridgehead atoms. The highest BCUT2D eigenvalue weighted by molar-refractivity contribution is 7.99. The standard InChI is InChI=1S/C15H20N4OS/c1-19-14(20)17-18-15(19)21-13-9-11(7-8-12(13)16)10-5-3-2-4-6-10/h2-6,11-13H,7-9,16H2,1H3,(H,17,20). The normalized spacial score (nSPS) is 25.9. The molecule has 0 amide bonds. The highest BCUT2D eigenvalue weighted by Gasteiger charge is 2.30. The SMILES string of the molecule is Cn1c(SC2CC(c3ccccc3)CCC2N)n[nH]c1=O. The molecular weight excluding hydrogens is 284 g/mol. The van der Waals surface area contributed by atoms with Crippen LogP contribution in [0.5, 0.6) is 0 Å². The Balaban J connectivity index is 1.75. The fraction of sp³-hybridized carbons (Fsp3) is 0.467. The predicted molar refractivity (Wildman–Crippen MR) is 84.5 cm³/mol. The number of hydrogen-bond donors (Lipinski definition) is 2. The third-order valence-electron chi connectivity index (χ3n) is 4.21. The number of aromatic nitrogens is 3. The zero-order chi connectivity index (χ0) is 14.8. The second-order valence-electron chi connectivity index (χ2n) is 5.61. The van der Waals surface area contributed by atoms with Crippen molar-refractivity contribution in [2.75, 3.05) is 0 Å². The summed E-state index contributed by atoms with van der Waals surface area (Å²) >= 11 is 1.61. The summed E-state index contributed by atoms with van der Waals surface area (Å²) in [5.41, 5.74) is 7.48. The minimum absolute atomic E-state index is 0.154. The summed E-state index contributed by atoms with van der Waals surface area (Å²) in [5.74, 6) is 0.541. The molecule has 0 spiro atoms. The molecule has 112 valence electrons. The molecule has 2 aromatic rings. The van der Waals surface area contributed by atoms with Gasteiger partial charge >= 0.3 is 5.69 Å². The van der Waals surface area contributed by atoms with E-state index in [9.17, 15) is 4.79 Å². The van der Waals surface area contributed by atoms with Crippen molar-refractivity contribution in [1.82, 2.24) is 14.8 Å². The average Bonchev–Trinajstić information content (AvgIpc) is 2.82. The first kappa shape index (κ1) is 14.4. The van der Waals surface area contributed by atoms with Crippen LogP contribution >= 0.6 is 11.8 Å². The summed E-state index contributed by atoms with van der Waals surface area (Å²) in [7, 11) is 1.73. The fourth-order valence-corrected chi connectivity index (χ4v) is 4.14. The third-order valence-corrected chi connectivity index (χ3v) is 5.63. The number of nitrogens with zero attached hydrogens (tertiary/aromatic N) is 2. The van der Waals surface area contributed by atoms with E-state index in [4.69, 9.17) is 5.73 Å². The Morgan fingerprint density at radius 1 is 1.33 bits per heavy atom. The molecular formula is C15H20N4OS. The van der Waals surface area contributed by atoms with Crippen LogP contribution in [0.1, 0.15) is 30.7 Å². The molecule has 1 fully saturated rings. The average molecular weight is 304 g/mol. The summed E-state index contributed by atoms with van der Waals surface area (Å²) in [5, 5.41) is 7.56. The molecule has 5 nitrogen and oxygen atoms in total. The van der Waals surface area contributed by atoms with Gasteiger partial charge in [-0.1, -0.05) is 42.1 Å². The van der Waals surface area contributed by atoms with Crippen LogP contribution < -0.4 is 11.4 Å². The van der Waals surface area contributed by atoms with Gasteiger partial charge in [0.2, 0.25) is 0 Å². The Hall–Kier alpha value is -1.53. The van der Waals surface area contributed by atoms with Gasteiger partial charge in [0.15, 0.2) is 5.16 Å². The van der Waals surface area contributed by atoms with Gasteiger partial charge in [-0.3, -0.25) is 4.57 Å². The minimum atomic E-state index is -0.179. The van der Waals surface area contributed by atoms with E-state index >= 15 is 0 Å². The molecule has 0 radical (unpaired) electrons. The largest absolute Gasteiger partial charge is 0.343 e. The van der Waals surface area contributed by atoms with Crippen LogP contribution in [0.15, 0.2) is 40.3 Å². The van der Waals surface area contributed by atoms with Crippen LogP contribution in [0.25, 0.3) is 0 Å². The molecule has 1 aliphatic carbocycles. The zero-order valence-electron chi connectivity index (χ0n) is 12.0. The maximum Gasteiger partial charge on any atom is 0.343 e. The molecule has 1 aromatic carbocycles. The summed E-state index contributed by atoms with van der Waals surface area (Å²) in [4.78, 5) is 11.4. The van der Waals surface area contributed by atoms with Crippen molar-refractivity contribution >= 4 is 11.8 Å². The fourth-order valence-electron chi connectivity index (χ4n) is 2.89. The quantitative estimate of drug-likeness (QED) is 0.907. The van der Waals surface area contributed by atoms with E-state index < -0.39 is 0 Å². The van der Waals surface area contributed by atoms with Gasteiger partial charge in [-0.25, -0.2) is 9.89 Å². The van der Waals surface area contributed by atoms with Crippen LogP contribution in [-0.2, 0) is 7.05 Å². The first-order valence-corrected chi connectivity index (χ1v) is 8.11. The molecule has 21 heavy (non-hydrogen) atoms. The van der Waals surface area contributed by atoms with Crippen LogP contribution in [0.2, 0.25) is 0 Å². The van der Waals surface area contributed by atoms with Crippen LogP contribution in [-0.4, -0.2) is 26.1 Å². The second-order valence-corrected chi connectivity index (χ2v) is 6.82. The summed E-state index contributed by atoms with van der Waals surface area (Å²) < 4.78 is 1.55. The number of benzene rings is 1. The zero-order valence-corrected chi connectivity index (χ0v) is 12.8. The smallest absolute Gasteiger partial charge is 0.327 e. The Kier molecular flexibility index (Phi) is 4.17. The van der Waals surface area contributed by atoms with Crippen molar-refractivity contribution in [2.24, 2.45) is 12.8 Å². The Bertz CT molecular complexity index is 651. The summed E-state index contributed by atoms with van der Waals surface area (Å²) in [6, 6.07) is 10.7. The molecule has 3 rings (SSSR count). The monoisotopic (exact) mass is 304 g/mol. The van der Waals surface area contributed by atoms with E-state index in [2.05, 4.69) is 34.5 Å². The summed E-state index contributed by atoms with van der Waals surface area (Å²) in [6.45, 7) is 0. The molecule has 6 heteroatoms. The molecule has 1 aliphatic rings. The first-order valence-electron chi connectivity index (χ1n) is 7.23. The van der Waals surface area contributed by atoms with E-state index in [0.29, 0.717) is 11.1 Å². The molecule has 1 heterocycles. The van der Waals surface area contributed by atoms with Crippen molar-refractivity contribution in [1.29, 1.82) is 0 Å². The van der Waals surface area contributed by atoms with Crippen molar-refractivity contribution < 1.29 is 0 Å². The van der Waals surface area contributed by atoms with Crippen molar-refractivity contribution in [2.45, 2.75) is 41.6 Å². The van der Waals surface area contributed by atoms with E-state index in [1.165, 1.54) is 5.56 Å². The summed E-state index contributed by atoms with van der Waals surface area (Å²) in [6.07, 6.45) is 3.16. The van der Waals surface area contributed by atoms with Crippen molar-refractivity contribution in [3.05, 3.63) is 46.4 Å². The molecule has 0 aliphatic heterocycles. The molecule has 1 saturated carbocycles. The van der Waals surface area contributed by atoms with Gasteiger partial charge in [0.1, 0.15) is 0 Å². The lowest BCUT2D eigenvalue weighted by molar-refractivity contribution is 0.405. The van der Waals surface area contributed by atoms with Gasteiger partial charge in [-0.15, -0.1) is 5.10 Å². The molecule has 1 aromatic heterocycles. The molecule has 3 N–H and O–H groups in total. The topological polar surface area (TPSA) is 76.7 Å². The number of H-pyrrole nitrogens is 1.